The number of carboxylic acids is 1. The SMILES string of the molecule is CCC(=O)N(Cc1ccc(-c2ccccc2)cc1)C(C)C(=O)O. The van der Waals surface area contributed by atoms with Crippen LogP contribution < -0.4 is 0 Å². The summed E-state index contributed by atoms with van der Waals surface area (Å²) in [6.45, 7) is 3.58. The number of carbonyl (C=O) groups is 2. The smallest absolute Gasteiger partial charge is 0.326 e. The molecule has 0 spiro atoms. The van der Waals surface area contributed by atoms with Gasteiger partial charge in [-0.2, -0.15) is 0 Å². The molecule has 2 aromatic carbocycles. The molecule has 0 saturated carbocycles. The minimum atomic E-state index is -0.993. The zero-order chi connectivity index (χ0) is 16.8. The van der Waals surface area contributed by atoms with E-state index in [4.69, 9.17) is 0 Å². The topological polar surface area (TPSA) is 57.6 Å². The highest BCUT2D eigenvalue weighted by Gasteiger charge is 2.24. The van der Waals surface area contributed by atoms with E-state index in [0.29, 0.717) is 13.0 Å². The summed E-state index contributed by atoms with van der Waals surface area (Å²) < 4.78 is 0. The normalized spacial score (nSPS) is 11.7. The molecule has 0 heterocycles. The maximum absolute atomic E-state index is 12.0. The quantitative estimate of drug-likeness (QED) is 0.887. The average molecular weight is 311 g/mol. The predicted molar refractivity (Wildman–Crippen MR) is 89.8 cm³/mol. The van der Waals surface area contributed by atoms with Crippen molar-refractivity contribution in [3.8, 4) is 11.1 Å². The summed E-state index contributed by atoms with van der Waals surface area (Å²) >= 11 is 0. The summed E-state index contributed by atoms with van der Waals surface area (Å²) in [6, 6.07) is 17.0. The minimum Gasteiger partial charge on any atom is -0.480 e. The third-order valence-corrected chi connectivity index (χ3v) is 3.86. The van der Waals surface area contributed by atoms with Gasteiger partial charge in [0.05, 0.1) is 0 Å². The molecule has 1 amide bonds. The van der Waals surface area contributed by atoms with Crippen molar-refractivity contribution in [2.24, 2.45) is 0 Å². The van der Waals surface area contributed by atoms with E-state index in [1.807, 2.05) is 54.6 Å². The van der Waals surface area contributed by atoms with Gasteiger partial charge < -0.3 is 10.0 Å². The first-order valence-electron chi connectivity index (χ1n) is 7.69. The fraction of sp³-hybridized carbons (Fsp3) is 0.263. The molecule has 23 heavy (non-hydrogen) atoms. The van der Waals surface area contributed by atoms with Crippen molar-refractivity contribution in [2.75, 3.05) is 0 Å². The van der Waals surface area contributed by atoms with Crippen LogP contribution in [-0.4, -0.2) is 27.9 Å². The first-order valence-corrected chi connectivity index (χ1v) is 7.69. The van der Waals surface area contributed by atoms with Crippen LogP contribution in [0.5, 0.6) is 0 Å². The predicted octanol–water partition coefficient (Wildman–Crippen LogP) is 3.57. The van der Waals surface area contributed by atoms with Gasteiger partial charge in [-0.25, -0.2) is 4.79 Å². The van der Waals surface area contributed by atoms with Crippen LogP contribution in [0.2, 0.25) is 0 Å². The minimum absolute atomic E-state index is 0.160. The first-order chi connectivity index (χ1) is 11.0. The molecule has 1 unspecified atom stereocenters. The third kappa shape index (κ3) is 4.19. The lowest BCUT2D eigenvalue weighted by Gasteiger charge is -2.26. The number of nitrogens with zero attached hydrogens (tertiary/aromatic N) is 1. The van der Waals surface area contributed by atoms with Crippen LogP contribution in [0.25, 0.3) is 11.1 Å². The molecular formula is C19H21NO3. The van der Waals surface area contributed by atoms with Gasteiger partial charge in [0.1, 0.15) is 6.04 Å². The molecule has 2 rings (SSSR count). The van der Waals surface area contributed by atoms with E-state index in [0.717, 1.165) is 16.7 Å². The molecule has 120 valence electrons. The Kier molecular flexibility index (Phi) is 5.52. The van der Waals surface area contributed by atoms with E-state index in [1.165, 1.54) is 11.8 Å². The molecule has 4 nitrogen and oxygen atoms in total. The Labute approximate surface area is 136 Å². The van der Waals surface area contributed by atoms with Crippen molar-refractivity contribution in [3.63, 3.8) is 0 Å². The summed E-state index contributed by atoms with van der Waals surface area (Å²) in [7, 11) is 0. The Bertz CT molecular complexity index is 665. The fourth-order valence-electron chi connectivity index (χ4n) is 2.41. The second-order valence-electron chi connectivity index (χ2n) is 5.45. The van der Waals surface area contributed by atoms with Crippen LogP contribution in [0.4, 0.5) is 0 Å². The molecule has 2 aromatic rings. The molecule has 0 radical (unpaired) electrons. The van der Waals surface area contributed by atoms with E-state index >= 15 is 0 Å². The van der Waals surface area contributed by atoms with E-state index < -0.39 is 12.0 Å². The van der Waals surface area contributed by atoms with Crippen LogP contribution in [0.1, 0.15) is 25.8 Å². The Morgan fingerprint density at radius 2 is 1.57 bits per heavy atom. The van der Waals surface area contributed by atoms with Crippen LogP contribution in [0, 0.1) is 0 Å². The Balaban J connectivity index is 2.17. The molecular weight excluding hydrogens is 290 g/mol. The van der Waals surface area contributed by atoms with Gasteiger partial charge in [-0.15, -0.1) is 0 Å². The van der Waals surface area contributed by atoms with Gasteiger partial charge in [-0.1, -0.05) is 61.5 Å². The van der Waals surface area contributed by atoms with Gasteiger partial charge in [-0.3, -0.25) is 4.79 Å². The van der Waals surface area contributed by atoms with Gasteiger partial charge in [0.15, 0.2) is 0 Å². The average Bonchev–Trinajstić information content (AvgIpc) is 2.59. The third-order valence-electron chi connectivity index (χ3n) is 3.86. The molecule has 0 aliphatic heterocycles. The molecule has 0 aromatic heterocycles. The number of hydrogen-bond donors (Lipinski definition) is 1. The number of hydrogen-bond acceptors (Lipinski definition) is 2. The van der Waals surface area contributed by atoms with Crippen LogP contribution in [-0.2, 0) is 16.1 Å². The van der Waals surface area contributed by atoms with Gasteiger partial charge in [0.25, 0.3) is 0 Å². The number of rotatable bonds is 6. The van der Waals surface area contributed by atoms with E-state index in [-0.39, 0.29) is 5.91 Å². The van der Waals surface area contributed by atoms with Gasteiger partial charge in [-0.05, 0) is 23.6 Å². The van der Waals surface area contributed by atoms with Gasteiger partial charge in [0, 0.05) is 13.0 Å². The lowest BCUT2D eigenvalue weighted by Crippen LogP contribution is -2.42. The van der Waals surface area contributed by atoms with E-state index in [9.17, 15) is 14.7 Å². The molecule has 0 aliphatic carbocycles. The van der Waals surface area contributed by atoms with Gasteiger partial charge in [0.2, 0.25) is 5.91 Å². The largest absolute Gasteiger partial charge is 0.480 e. The summed E-state index contributed by atoms with van der Waals surface area (Å²) in [5, 5.41) is 9.17. The lowest BCUT2D eigenvalue weighted by atomic mass is 10.0. The van der Waals surface area contributed by atoms with Crippen molar-refractivity contribution < 1.29 is 14.7 Å². The number of aliphatic carboxylic acids is 1. The van der Waals surface area contributed by atoms with Crippen LogP contribution >= 0.6 is 0 Å². The van der Waals surface area contributed by atoms with E-state index in [1.54, 1.807) is 6.92 Å². The highest BCUT2D eigenvalue weighted by atomic mass is 16.4. The summed E-state index contributed by atoms with van der Waals surface area (Å²) in [4.78, 5) is 24.6. The summed E-state index contributed by atoms with van der Waals surface area (Å²) in [6.07, 6.45) is 0.291. The van der Waals surface area contributed by atoms with E-state index in [2.05, 4.69) is 0 Å². The molecule has 1 atom stereocenters. The highest BCUT2D eigenvalue weighted by Crippen LogP contribution is 2.20. The standard InChI is InChI=1S/C19H21NO3/c1-3-18(21)20(14(2)19(22)23)13-15-9-11-17(12-10-15)16-7-5-4-6-8-16/h4-12,14H,3,13H2,1-2H3,(H,22,23). The summed E-state index contributed by atoms with van der Waals surface area (Å²) in [5.41, 5.74) is 3.13. The Morgan fingerprint density at radius 3 is 2.09 bits per heavy atom. The van der Waals surface area contributed by atoms with Crippen molar-refractivity contribution in [2.45, 2.75) is 32.9 Å². The zero-order valence-electron chi connectivity index (χ0n) is 13.4. The number of amides is 1. The first kappa shape index (κ1) is 16.7. The fourth-order valence-corrected chi connectivity index (χ4v) is 2.41. The van der Waals surface area contributed by atoms with Crippen molar-refractivity contribution in [3.05, 3.63) is 60.2 Å². The van der Waals surface area contributed by atoms with Crippen molar-refractivity contribution in [1.82, 2.24) is 4.90 Å². The molecule has 0 aliphatic rings. The Morgan fingerprint density at radius 1 is 1.00 bits per heavy atom. The maximum Gasteiger partial charge on any atom is 0.326 e. The second kappa shape index (κ2) is 7.58. The van der Waals surface area contributed by atoms with Gasteiger partial charge >= 0.3 is 5.97 Å². The number of carbonyl (C=O) groups excluding carboxylic acids is 1. The lowest BCUT2D eigenvalue weighted by molar-refractivity contribution is -0.149. The van der Waals surface area contributed by atoms with Crippen LogP contribution in [0.3, 0.4) is 0 Å². The Hall–Kier alpha value is -2.62. The molecule has 0 fully saturated rings. The number of carboxylic acid groups (broad SMARTS) is 1. The van der Waals surface area contributed by atoms with Crippen molar-refractivity contribution >= 4 is 11.9 Å². The monoisotopic (exact) mass is 311 g/mol. The van der Waals surface area contributed by atoms with Crippen molar-refractivity contribution in [1.29, 1.82) is 0 Å². The summed E-state index contributed by atoms with van der Waals surface area (Å²) in [5.74, 6) is -1.15. The highest BCUT2D eigenvalue weighted by molar-refractivity contribution is 5.83. The van der Waals surface area contributed by atoms with Crippen LogP contribution in [0.15, 0.2) is 54.6 Å². The zero-order valence-corrected chi connectivity index (χ0v) is 13.4. The number of benzene rings is 2. The molecule has 1 N–H and O–H groups in total. The second-order valence-corrected chi connectivity index (χ2v) is 5.45. The maximum atomic E-state index is 12.0. The molecule has 0 saturated heterocycles. The molecule has 0 bridgehead atoms. The molecule has 4 heteroatoms.